The molecular weight excluding hydrogens is 283 g/mol. The van der Waals surface area contributed by atoms with Crippen molar-refractivity contribution in [1.82, 2.24) is 0 Å². The second kappa shape index (κ2) is 7.75. The van der Waals surface area contributed by atoms with Gasteiger partial charge in [-0.25, -0.2) is 0 Å². The Morgan fingerprint density at radius 2 is 1.67 bits per heavy atom. The van der Waals surface area contributed by atoms with E-state index in [1.165, 1.54) is 21.9 Å². The van der Waals surface area contributed by atoms with Gasteiger partial charge in [0, 0.05) is 0 Å². The molecule has 15 heavy (non-hydrogen) atoms. The molecule has 86 valence electrons. The molecule has 0 aliphatic carbocycles. The molecular formula is C10H18Cl2OSiTi. The summed E-state index contributed by atoms with van der Waals surface area (Å²) in [7, 11) is 1.08. The first kappa shape index (κ1) is 17.9. The van der Waals surface area contributed by atoms with E-state index < -0.39 is 0 Å². The number of hydrogen-bond acceptors (Lipinski definition) is 1. The summed E-state index contributed by atoms with van der Waals surface area (Å²) < 4.78 is 5.71. The van der Waals surface area contributed by atoms with Crippen molar-refractivity contribution >= 4 is 40.2 Å². The van der Waals surface area contributed by atoms with Crippen LogP contribution >= 0.6 is 24.8 Å². The summed E-state index contributed by atoms with van der Waals surface area (Å²) in [6.07, 6.45) is 0. The van der Waals surface area contributed by atoms with Crippen LogP contribution in [0, 0.1) is 20.8 Å². The van der Waals surface area contributed by atoms with Crippen molar-refractivity contribution in [2.45, 2.75) is 26.0 Å². The summed E-state index contributed by atoms with van der Waals surface area (Å²) in [4.78, 5) is 0. The Balaban J connectivity index is 0. The van der Waals surface area contributed by atoms with E-state index in [4.69, 9.17) is 3.32 Å². The Labute approximate surface area is 117 Å². The SMILES string of the molecule is Cl.Cl.[CH3][Ti][O]c1cc(C)c(C)c(C)c1[SiH3]. The zero-order valence-corrected chi connectivity index (χ0v) is 15.0. The van der Waals surface area contributed by atoms with Crippen molar-refractivity contribution < 1.29 is 22.9 Å². The Morgan fingerprint density at radius 3 is 2.13 bits per heavy atom. The van der Waals surface area contributed by atoms with Crippen LogP contribution in [0.25, 0.3) is 0 Å². The predicted molar refractivity (Wildman–Crippen MR) is 71.2 cm³/mol. The molecule has 0 saturated heterocycles. The fourth-order valence-corrected chi connectivity index (χ4v) is 3.01. The third-order valence-electron chi connectivity index (χ3n) is 2.65. The number of aryl methyl sites for hydroxylation is 1. The first-order chi connectivity index (χ1) is 6.07. The Hall–Kier alpha value is 0.531. The molecule has 0 spiro atoms. The summed E-state index contributed by atoms with van der Waals surface area (Å²) in [5.41, 5.74) is 4.21. The van der Waals surface area contributed by atoms with Crippen molar-refractivity contribution in [2.24, 2.45) is 0 Å². The van der Waals surface area contributed by atoms with Crippen LogP contribution in [0.4, 0.5) is 0 Å². The van der Waals surface area contributed by atoms with Crippen LogP contribution in [0.2, 0.25) is 5.23 Å². The molecule has 0 saturated carbocycles. The van der Waals surface area contributed by atoms with Gasteiger partial charge in [-0.1, -0.05) is 0 Å². The van der Waals surface area contributed by atoms with E-state index in [0.29, 0.717) is 0 Å². The number of hydrogen-bond donors (Lipinski definition) is 0. The van der Waals surface area contributed by atoms with Crippen molar-refractivity contribution in [3.05, 3.63) is 22.8 Å². The molecule has 0 aromatic heterocycles. The fraction of sp³-hybridized carbons (Fsp3) is 0.400. The van der Waals surface area contributed by atoms with Gasteiger partial charge in [-0.2, -0.15) is 0 Å². The van der Waals surface area contributed by atoms with E-state index in [9.17, 15) is 0 Å². The molecule has 0 heterocycles. The van der Waals surface area contributed by atoms with Crippen LogP contribution in [0.1, 0.15) is 16.7 Å². The predicted octanol–water partition coefficient (Wildman–Crippen LogP) is 1.87. The van der Waals surface area contributed by atoms with Gasteiger partial charge in [0.2, 0.25) is 0 Å². The molecule has 0 aliphatic heterocycles. The van der Waals surface area contributed by atoms with Gasteiger partial charge in [0.25, 0.3) is 0 Å². The van der Waals surface area contributed by atoms with Gasteiger partial charge < -0.3 is 0 Å². The molecule has 1 aromatic carbocycles. The van der Waals surface area contributed by atoms with Crippen molar-refractivity contribution in [1.29, 1.82) is 0 Å². The first-order valence-corrected chi connectivity index (χ1v) is 7.68. The molecule has 0 fully saturated rings. The zero-order valence-electron chi connectivity index (χ0n) is 9.80. The van der Waals surface area contributed by atoms with E-state index in [-0.39, 0.29) is 44.4 Å². The fourth-order valence-electron chi connectivity index (χ4n) is 1.39. The van der Waals surface area contributed by atoms with Crippen molar-refractivity contribution in [3.8, 4) is 5.75 Å². The Kier molecular flexibility index (Phi) is 9.25. The van der Waals surface area contributed by atoms with E-state index >= 15 is 0 Å². The van der Waals surface area contributed by atoms with E-state index in [1.807, 2.05) is 0 Å². The standard InChI is InChI=1S/C9H14OSi.CH3.2ClH.Ti/c1-5-4-8(10)9(11)7(3)6(5)2;;;;/h4,10H,1-3,11H3;1H3;2*1H;/q;;;;+1/p-1. The first-order valence-electron chi connectivity index (χ1n) is 4.49. The van der Waals surface area contributed by atoms with Crippen LogP contribution in [-0.2, 0) is 19.5 Å². The maximum absolute atomic E-state index is 5.71. The van der Waals surface area contributed by atoms with Gasteiger partial charge in [0.15, 0.2) is 0 Å². The summed E-state index contributed by atoms with van der Waals surface area (Å²) in [6.45, 7) is 6.55. The molecule has 1 nitrogen and oxygen atoms in total. The van der Waals surface area contributed by atoms with Gasteiger partial charge in [-0.05, 0) is 0 Å². The van der Waals surface area contributed by atoms with E-state index in [2.05, 4.69) is 32.1 Å². The second-order valence-electron chi connectivity index (χ2n) is 3.37. The monoisotopic (exact) mass is 300 g/mol. The summed E-state index contributed by atoms with van der Waals surface area (Å²) in [6, 6.07) is 2.19. The van der Waals surface area contributed by atoms with Crippen molar-refractivity contribution in [2.75, 3.05) is 0 Å². The van der Waals surface area contributed by atoms with Crippen LogP contribution in [-0.4, -0.2) is 10.2 Å². The average molecular weight is 301 g/mol. The molecule has 1 rings (SSSR count). The van der Waals surface area contributed by atoms with Gasteiger partial charge in [-0.15, -0.1) is 24.8 Å². The molecule has 0 amide bonds. The summed E-state index contributed by atoms with van der Waals surface area (Å²) >= 11 is -0.219. The van der Waals surface area contributed by atoms with Crippen LogP contribution in [0.3, 0.4) is 0 Å². The summed E-state index contributed by atoms with van der Waals surface area (Å²) in [5.74, 6) is 1.15. The zero-order chi connectivity index (χ0) is 10.0. The Bertz CT molecular complexity index is 332. The third kappa shape index (κ3) is 4.12. The van der Waals surface area contributed by atoms with E-state index in [0.717, 1.165) is 16.0 Å². The quantitative estimate of drug-likeness (QED) is 0.758. The number of benzene rings is 1. The summed E-state index contributed by atoms with van der Waals surface area (Å²) in [5, 5.41) is 3.60. The molecule has 0 unspecified atom stereocenters. The Morgan fingerprint density at radius 1 is 1.13 bits per heavy atom. The minimum absolute atomic E-state index is 0. The molecule has 0 radical (unpaired) electrons. The van der Waals surface area contributed by atoms with Crippen molar-refractivity contribution in [3.63, 3.8) is 0 Å². The third-order valence-corrected chi connectivity index (χ3v) is 4.55. The van der Waals surface area contributed by atoms with Crippen LogP contribution in [0.15, 0.2) is 6.07 Å². The van der Waals surface area contributed by atoms with Gasteiger partial charge in [-0.3, -0.25) is 0 Å². The van der Waals surface area contributed by atoms with Gasteiger partial charge >= 0.3 is 92.8 Å². The minimum atomic E-state index is -0.219. The molecule has 0 atom stereocenters. The van der Waals surface area contributed by atoms with E-state index in [1.54, 1.807) is 0 Å². The average Bonchev–Trinajstić information content (AvgIpc) is 2.11. The van der Waals surface area contributed by atoms with Gasteiger partial charge in [0.1, 0.15) is 0 Å². The second-order valence-corrected chi connectivity index (χ2v) is 5.33. The number of halogens is 2. The molecule has 0 aliphatic rings. The molecule has 0 N–H and O–H groups in total. The number of rotatable bonds is 2. The normalized spacial score (nSPS) is 8.80. The van der Waals surface area contributed by atoms with Crippen LogP contribution in [0.5, 0.6) is 5.75 Å². The molecule has 5 heteroatoms. The van der Waals surface area contributed by atoms with Crippen LogP contribution < -0.4 is 8.51 Å². The van der Waals surface area contributed by atoms with Gasteiger partial charge in [0.05, 0.1) is 0 Å². The topological polar surface area (TPSA) is 9.23 Å². The molecule has 0 bridgehead atoms. The molecule has 1 aromatic rings. The maximum atomic E-state index is 5.71.